The van der Waals surface area contributed by atoms with Crippen LogP contribution in [-0.2, 0) is 16.6 Å². The van der Waals surface area contributed by atoms with Gasteiger partial charge in [-0.25, -0.2) is 13.1 Å². The largest absolute Gasteiger partial charge is 0.391 e. The molecular weight excluding hydrogens is 210 g/mol. The van der Waals surface area contributed by atoms with E-state index in [1.165, 1.54) is 6.07 Å². The van der Waals surface area contributed by atoms with Gasteiger partial charge in [0.25, 0.3) is 0 Å². The number of hydrogen-bond donors (Lipinski definition) is 2. The Balaban J connectivity index is 2.94. The summed E-state index contributed by atoms with van der Waals surface area (Å²) in [5.74, 6) is 0. The molecule has 13 heavy (non-hydrogen) atoms. The van der Waals surface area contributed by atoms with Crippen molar-refractivity contribution >= 4 is 21.4 Å². The predicted octanol–water partition coefficient (Wildman–Crippen LogP) is 0.539. The summed E-state index contributed by atoms with van der Waals surface area (Å²) in [7, 11) is -3.34. The Bertz CT molecular complexity index is 369. The summed E-state index contributed by atoms with van der Waals surface area (Å²) >= 11 is 1.08. The Morgan fingerprint density at radius 2 is 2.23 bits per heavy atom. The molecule has 6 heteroatoms. The second-order valence-electron chi connectivity index (χ2n) is 2.38. The molecule has 0 radical (unpaired) electrons. The fourth-order valence-electron chi connectivity index (χ4n) is 0.849. The van der Waals surface area contributed by atoms with Crippen LogP contribution in [-0.4, -0.2) is 20.1 Å². The van der Waals surface area contributed by atoms with E-state index in [-0.39, 0.29) is 10.8 Å². The monoisotopic (exact) mass is 221 g/mol. The minimum Gasteiger partial charge on any atom is -0.391 e. The number of aliphatic hydroxyl groups excluding tert-OH is 1. The molecule has 0 unspecified atom stereocenters. The molecule has 0 aliphatic heterocycles. The van der Waals surface area contributed by atoms with E-state index in [0.717, 1.165) is 11.3 Å². The normalized spacial score (nSPS) is 11.8. The lowest BCUT2D eigenvalue weighted by atomic mass is 10.5. The van der Waals surface area contributed by atoms with Crippen LogP contribution in [0, 0.1) is 0 Å². The van der Waals surface area contributed by atoms with Gasteiger partial charge in [0.15, 0.2) is 0 Å². The lowest BCUT2D eigenvalue weighted by Gasteiger charge is -1.99. The molecule has 0 spiro atoms. The molecule has 0 saturated carbocycles. The van der Waals surface area contributed by atoms with E-state index in [0.29, 0.717) is 11.4 Å². The number of thiophene rings is 1. The van der Waals surface area contributed by atoms with Crippen molar-refractivity contribution in [1.29, 1.82) is 0 Å². The summed E-state index contributed by atoms with van der Waals surface area (Å²) in [4.78, 5) is 0.650. The maximum Gasteiger partial charge on any atom is 0.250 e. The molecule has 2 N–H and O–H groups in total. The lowest BCUT2D eigenvalue weighted by Crippen LogP contribution is -2.22. The third-order valence-electron chi connectivity index (χ3n) is 1.39. The Labute approximate surface area is 81.3 Å². The fourth-order valence-corrected chi connectivity index (χ4v) is 3.15. The lowest BCUT2D eigenvalue weighted by molar-refractivity contribution is 0.285. The van der Waals surface area contributed by atoms with Crippen molar-refractivity contribution in [3.63, 3.8) is 0 Å². The number of rotatable bonds is 4. The van der Waals surface area contributed by atoms with Crippen LogP contribution >= 0.6 is 11.3 Å². The van der Waals surface area contributed by atoms with E-state index in [2.05, 4.69) is 4.72 Å². The topological polar surface area (TPSA) is 66.4 Å². The van der Waals surface area contributed by atoms with Crippen molar-refractivity contribution in [2.45, 2.75) is 17.7 Å². The van der Waals surface area contributed by atoms with Crippen molar-refractivity contribution in [1.82, 2.24) is 4.72 Å². The number of hydrogen-bond acceptors (Lipinski definition) is 4. The average Bonchev–Trinajstić information content (AvgIpc) is 2.52. The highest BCUT2D eigenvalue weighted by atomic mass is 32.2. The van der Waals surface area contributed by atoms with Gasteiger partial charge in [-0.1, -0.05) is 6.92 Å². The maximum absolute atomic E-state index is 11.4. The molecule has 0 aliphatic rings. The van der Waals surface area contributed by atoms with E-state index < -0.39 is 10.0 Å². The van der Waals surface area contributed by atoms with Gasteiger partial charge in [0, 0.05) is 11.4 Å². The van der Waals surface area contributed by atoms with Crippen LogP contribution in [0.15, 0.2) is 16.3 Å². The van der Waals surface area contributed by atoms with E-state index in [9.17, 15) is 8.42 Å². The Morgan fingerprint density at radius 3 is 2.69 bits per heavy atom. The third kappa shape index (κ3) is 2.50. The quantitative estimate of drug-likeness (QED) is 0.779. The molecule has 4 nitrogen and oxygen atoms in total. The highest BCUT2D eigenvalue weighted by Crippen LogP contribution is 2.20. The predicted molar refractivity (Wildman–Crippen MR) is 51.1 cm³/mol. The first kappa shape index (κ1) is 10.6. The van der Waals surface area contributed by atoms with Crippen molar-refractivity contribution < 1.29 is 13.5 Å². The van der Waals surface area contributed by atoms with Gasteiger partial charge in [0.05, 0.1) is 6.61 Å². The van der Waals surface area contributed by atoms with Crippen LogP contribution in [0.4, 0.5) is 0 Å². The van der Waals surface area contributed by atoms with E-state index in [4.69, 9.17) is 5.11 Å². The summed E-state index contributed by atoms with van der Waals surface area (Å²) in [5.41, 5.74) is 0. The smallest absolute Gasteiger partial charge is 0.250 e. The van der Waals surface area contributed by atoms with E-state index >= 15 is 0 Å². The highest BCUT2D eigenvalue weighted by molar-refractivity contribution is 7.91. The zero-order valence-electron chi connectivity index (χ0n) is 7.15. The average molecular weight is 221 g/mol. The van der Waals surface area contributed by atoms with Crippen molar-refractivity contribution in [3.8, 4) is 0 Å². The fraction of sp³-hybridized carbons (Fsp3) is 0.429. The molecule has 74 valence electrons. The molecule has 1 aromatic rings. The van der Waals surface area contributed by atoms with Crippen LogP contribution in [0.5, 0.6) is 0 Å². The molecule has 0 amide bonds. The van der Waals surface area contributed by atoms with Crippen molar-refractivity contribution in [2.24, 2.45) is 0 Å². The maximum atomic E-state index is 11.4. The molecule has 0 aliphatic carbocycles. The SMILES string of the molecule is CCNS(=O)(=O)c1ccc(CO)s1. The third-order valence-corrected chi connectivity index (χ3v) is 4.50. The molecule has 0 saturated heterocycles. The summed E-state index contributed by atoms with van der Waals surface area (Å²) in [6.45, 7) is 1.97. The Hall–Kier alpha value is -0.430. The second-order valence-corrected chi connectivity index (χ2v) is 5.54. The zero-order chi connectivity index (χ0) is 9.90. The number of nitrogens with one attached hydrogen (secondary N) is 1. The standard InChI is InChI=1S/C7H11NO3S2/c1-2-8-13(10,11)7-4-3-6(5-9)12-7/h3-4,8-9H,2,5H2,1H3. The van der Waals surface area contributed by atoms with Gasteiger partial charge in [-0.2, -0.15) is 0 Å². The molecule has 0 fully saturated rings. The van der Waals surface area contributed by atoms with Gasteiger partial charge in [-0.05, 0) is 12.1 Å². The molecule has 1 rings (SSSR count). The first-order chi connectivity index (χ1) is 6.10. The van der Waals surface area contributed by atoms with Crippen molar-refractivity contribution in [2.75, 3.05) is 6.54 Å². The van der Waals surface area contributed by atoms with Gasteiger partial charge in [-0.15, -0.1) is 11.3 Å². The molecule has 1 heterocycles. The number of aliphatic hydroxyl groups is 1. The molecule has 0 aromatic carbocycles. The molecule has 1 aromatic heterocycles. The van der Waals surface area contributed by atoms with E-state index in [1.807, 2.05) is 0 Å². The van der Waals surface area contributed by atoms with Gasteiger partial charge >= 0.3 is 0 Å². The van der Waals surface area contributed by atoms with Crippen molar-refractivity contribution in [3.05, 3.63) is 17.0 Å². The Kier molecular flexibility index (Phi) is 3.43. The molecule has 0 atom stereocenters. The second kappa shape index (κ2) is 4.19. The highest BCUT2D eigenvalue weighted by Gasteiger charge is 2.14. The van der Waals surface area contributed by atoms with Crippen LogP contribution in [0.2, 0.25) is 0 Å². The summed E-state index contributed by atoms with van der Waals surface area (Å²) in [6.07, 6.45) is 0. The summed E-state index contributed by atoms with van der Waals surface area (Å²) in [5, 5.41) is 8.74. The first-order valence-electron chi connectivity index (χ1n) is 3.79. The minimum absolute atomic E-state index is 0.119. The zero-order valence-corrected chi connectivity index (χ0v) is 8.78. The van der Waals surface area contributed by atoms with Gasteiger partial charge in [0.2, 0.25) is 10.0 Å². The van der Waals surface area contributed by atoms with Gasteiger partial charge in [-0.3, -0.25) is 0 Å². The van der Waals surface area contributed by atoms with Crippen LogP contribution in [0.25, 0.3) is 0 Å². The van der Waals surface area contributed by atoms with E-state index in [1.54, 1.807) is 13.0 Å². The van der Waals surface area contributed by atoms with Crippen LogP contribution in [0.1, 0.15) is 11.8 Å². The Morgan fingerprint density at radius 1 is 1.54 bits per heavy atom. The minimum atomic E-state index is -3.34. The van der Waals surface area contributed by atoms with Crippen LogP contribution < -0.4 is 4.72 Å². The summed E-state index contributed by atoms with van der Waals surface area (Å²) in [6, 6.07) is 3.10. The molecule has 0 bridgehead atoms. The van der Waals surface area contributed by atoms with Gasteiger partial charge in [0.1, 0.15) is 4.21 Å². The summed E-state index contributed by atoms with van der Waals surface area (Å²) < 4.78 is 25.4. The molecular formula is C7H11NO3S2. The van der Waals surface area contributed by atoms with Crippen LogP contribution in [0.3, 0.4) is 0 Å². The van der Waals surface area contributed by atoms with Gasteiger partial charge < -0.3 is 5.11 Å². The first-order valence-corrected chi connectivity index (χ1v) is 6.09. The number of sulfonamides is 1.